The number of carbonyl (C=O) groups is 5. The van der Waals surface area contributed by atoms with Gasteiger partial charge < -0.3 is 30.7 Å². The van der Waals surface area contributed by atoms with E-state index in [4.69, 9.17) is 9.47 Å². The maximum Gasteiger partial charge on any atom is 0.416 e. The Morgan fingerprint density at radius 3 is 1.84 bits per heavy atom. The minimum atomic E-state index is -4.57. The third-order valence-corrected chi connectivity index (χ3v) is 9.82. The number of amides is 4. The lowest BCUT2D eigenvalue weighted by molar-refractivity contribution is -0.137. The summed E-state index contributed by atoms with van der Waals surface area (Å²) in [5, 5.41) is 11.2. The van der Waals surface area contributed by atoms with Crippen molar-refractivity contribution in [2.45, 2.75) is 103 Å². The van der Waals surface area contributed by atoms with Crippen molar-refractivity contribution in [2.24, 2.45) is 11.8 Å². The largest absolute Gasteiger partial charge is 0.416 e. The monoisotopic (exact) mass is 787 g/mol. The Morgan fingerprint density at radius 1 is 0.732 bits per heavy atom. The fraction of sp³-hybridized carbons (Fsp3) is 0.585. The number of benzene rings is 2. The van der Waals surface area contributed by atoms with Crippen LogP contribution in [0.4, 0.5) is 13.2 Å². The lowest BCUT2D eigenvalue weighted by Crippen LogP contribution is -2.59. The van der Waals surface area contributed by atoms with E-state index in [9.17, 15) is 37.1 Å². The molecule has 0 aliphatic carbocycles. The summed E-state index contributed by atoms with van der Waals surface area (Å²) >= 11 is 0. The highest BCUT2D eigenvalue weighted by molar-refractivity contribution is 5.98. The second-order valence-electron chi connectivity index (χ2n) is 15.8. The first-order chi connectivity index (χ1) is 26.4. The molecule has 4 rings (SSSR count). The van der Waals surface area contributed by atoms with Gasteiger partial charge in [0.2, 0.25) is 23.6 Å². The van der Waals surface area contributed by atoms with Crippen molar-refractivity contribution in [1.29, 1.82) is 0 Å². The van der Waals surface area contributed by atoms with E-state index in [0.29, 0.717) is 38.3 Å². The summed E-state index contributed by atoms with van der Waals surface area (Å²) in [5.74, 6) is -2.77. The number of hydrogen-bond donors (Lipinski definition) is 4. The minimum Gasteiger partial charge on any atom is -0.379 e. The van der Waals surface area contributed by atoms with Crippen LogP contribution in [0.15, 0.2) is 54.6 Å². The van der Waals surface area contributed by atoms with E-state index in [-0.39, 0.29) is 62.4 Å². The minimum absolute atomic E-state index is 0.00406. The Bertz CT molecular complexity index is 1630. The second-order valence-corrected chi connectivity index (χ2v) is 15.8. The second kappa shape index (κ2) is 20.2. The van der Waals surface area contributed by atoms with Crippen molar-refractivity contribution in [3.05, 3.63) is 71.3 Å². The van der Waals surface area contributed by atoms with Gasteiger partial charge in [0.1, 0.15) is 23.7 Å². The number of nitrogens with one attached hydrogen (secondary N) is 4. The van der Waals surface area contributed by atoms with Crippen LogP contribution in [0, 0.1) is 11.8 Å². The lowest BCUT2D eigenvalue weighted by Gasteiger charge is -2.29. The Kier molecular flexibility index (Phi) is 16.0. The van der Waals surface area contributed by atoms with Crippen molar-refractivity contribution in [2.75, 3.05) is 39.5 Å². The van der Waals surface area contributed by atoms with E-state index in [1.807, 2.05) is 62.9 Å². The van der Waals surface area contributed by atoms with E-state index in [2.05, 4.69) is 21.3 Å². The lowest BCUT2D eigenvalue weighted by atomic mass is 9.93. The van der Waals surface area contributed by atoms with Gasteiger partial charge in [0.05, 0.1) is 38.0 Å². The molecular weight excluding hydrogens is 731 g/mol. The Labute approximate surface area is 327 Å². The number of nitrogens with zero attached hydrogens (tertiary/aromatic N) is 1. The van der Waals surface area contributed by atoms with Gasteiger partial charge in [-0.3, -0.25) is 28.9 Å². The zero-order valence-corrected chi connectivity index (χ0v) is 32.9. The van der Waals surface area contributed by atoms with Gasteiger partial charge >= 0.3 is 6.18 Å². The van der Waals surface area contributed by atoms with E-state index in [1.165, 1.54) is 12.1 Å². The highest BCUT2D eigenvalue weighted by Gasteiger charge is 2.50. The molecule has 2 aromatic rings. The van der Waals surface area contributed by atoms with Crippen LogP contribution in [0.3, 0.4) is 0 Å². The van der Waals surface area contributed by atoms with Crippen LogP contribution in [-0.4, -0.2) is 104 Å². The molecule has 12 nitrogen and oxygen atoms in total. The summed E-state index contributed by atoms with van der Waals surface area (Å²) in [6.07, 6.45) is -3.60. The molecule has 56 heavy (non-hydrogen) atoms. The Morgan fingerprint density at radius 2 is 1.27 bits per heavy atom. The molecule has 2 aliphatic rings. The number of hydrogen-bond acceptors (Lipinski definition) is 8. The van der Waals surface area contributed by atoms with Crippen molar-refractivity contribution < 1.29 is 46.6 Å². The van der Waals surface area contributed by atoms with Gasteiger partial charge in [-0.25, -0.2) is 0 Å². The number of epoxide rings is 1. The van der Waals surface area contributed by atoms with Crippen LogP contribution in [0.1, 0.15) is 70.6 Å². The molecule has 0 spiro atoms. The fourth-order valence-electron chi connectivity index (χ4n) is 6.54. The average Bonchev–Trinajstić information content (AvgIpc) is 3.90. The third-order valence-electron chi connectivity index (χ3n) is 9.82. The van der Waals surface area contributed by atoms with Crippen LogP contribution in [0.25, 0.3) is 0 Å². The first-order valence-electron chi connectivity index (χ1n) is 19.3. The molecular formula is C41H56F3N5O7. The molecule has 5 atom stereocenters. The van der Waals surface area contributed by atoms with E-state index >= 15 is 0 Å². The van der Waals surface area contributed by atoms with Crippen LogP contribution in [-0.2, 0) is 52.5 Å². The molecule has 0 aromatic heterocycles. The molecule has 2 fully saturated rings. The summed E-state index contributed by atoms with van der Waals surface area (Å²) < 4.78 is 50.8. The number of halogens is 3. The number of Topliss-reactive ketones (excluding diaryl/α,β-unsaturated/α-hetero) is 1. The number of ketones is 1. The van der Waals surface area contributed by atoms with Crippen LogP contribution in [0.5, 0.6) is 0 Å². The van der Waals surface area contributed by atoms with Crippen LogP contribution < -0.4 is 21.3 Å². The average molecular weight is 788 g/mol. The van der Waals surface area contributed by atoms with Crippen LogP contribution >= 0.6 is 0 Å². The van der Waals surface area contributed by atoms with Crippen molar-refractivity contribution >= 4 is 29.4 Å². The predicted octanol–water partition coefficient (Wildman–Crippen LogP) is 3.60. The molecule has 308 valence electrons. The molecule has 4 N–H and O–H groups in total. The molecule has 15 heteroatoms. The molecule has 2 heterocycles. The maximum atomic E-state index is 14.1. The molecule has 4 amide bonds. The van der Waals surface area contributed by atoms with Crippen molar-refractivity contribution in [3.8, 4) is 0 Å². The summed E-state index contributed by atoms with van der Waals surface area (Å²) in [7, 11) is 0. The first-order valence-corrected chi connectivity index (χ1v) is 19.3. The van der Waals surface area contributed by atoms with E-state index in [0.717, 1.165) is 17.7 Å². The molecule has 0 saturated carbocycles. The number of aryl methyl sites for hydroxylation is 1. The number of rotatable bonds is 20. The normalized spacial score (nSPS) is 19.4. The first kappa shape index (κ1) is 44.4. The van der Waals surface area contributed by atoms with Gasteiger partial charge in [-0.1, -0.05) is 70.2 Å². The molecule has 2 saturated heterocycles. The predicted molar refractivity (Wildman–Crippen MR) is 203 cm³/mol. The van der Waals surface area contributed by atoms with Crippen molar-refractivity contribution in [1.82, 2.24) is 26.2 Å². The zero-order chi connectivity index (χ0) is 41.0. The van der Waals surface area contributed by atoms with E-state index in [1.54, 1.807) is 6.92 Å². The topological polar surface area (TPSA) is 158 Å². The molecule has 1 unspecified atom stereocenters. The zero-order valence-electron chi connectivity index (χ0n) is 32.9. The molecule has 0 bridgehead atoms. The molecule has 2 aliphatic heterocycles. The summed E-state index contributed by atoms with van der Waals surface area (Å²) in [5.41, 5.74) is -0.626. The highest BCUT2D eigenvalue weighted by Crippen LogP contribution is 2.30. The van der Waals surface area contributed by atoms with E-state index < -0.39 is 59.2 Å². The Hall–Kier alpha value is -4.34. The summed E-state index contributed by atoms with van der Waals surface area (Å²) in [6, 6.07) is 9.30. The van der Waals surface area contributed by atoms with Gasteiger partial charge in [0, 0.05) is 19.5 Å². The fourth-order valence-corrected chi connectivity index (χ4v) is 6.54. The van der Waals surface area contributed by atoms with Crippen LogP contribution in [0.2, 0.25) is 0 Å². The smallest absolute Gasteiger partial charge is 0.379 e. The quantitative estimate of drug-likeness (QED) is 0.148. The number of alkyl halides is 3. The van der Waals surface area contributed by atoms with Gasteiger partial charge in [-0.2, -0.15) is 13.2 Å². The standard InChI is InChI=1S/C41H56F3N5O7/c1-26(2)21-32(36(51)40(5)25-56-40)46-39(54)34(23-29-11-14-30(15-12-29)41(42,43)44)48-38(53)33(22-27(3)4)47-37(52)31(16-13-28-9-7-6-8-10-28)45-35(50)24-49-17-19-55-20-18-49/h6-12,14-15,26-27,31-34H,13,16-25H2,1-5H3,(H,45,50)(H,46,54)(H,47,52)(H,48,53)/t31-,32?,33-,34-,40+/m0/s1. The van der Waals surface area contributed by atoms with Gasteiger partial charge in [-0.05, 0) is 67.7 Å². The number of morpholine rings is 1. The molecule has 0 radical (unpaired) electrons. The summed E-state index contributed by atoms with van der Waals surface area (Å²) in [4.78, 5) is 70.5. The highest BCUT2D eigenvalue weighted by atomic mass is 19.4. The van der Waals surface area contributed by atoms with Gasteiger partial charge in [0.25, 0.3) is 0 Å². The number of carbonyl (C=O) groups excluding carboxylic acids is 5. The third kappa shape index (κ3) is 14.0. The maximum absolute atomic E-state index is 14.1. The SMILES string of the molecule is CC(C)CC(NC(=O)[C@H](Cc1ccc(C(F)(F)F)cc1)NC(=O)[C@H](CC(C)C)NC(=O)[C@H](CCc1ccccc1)NC(=O)CN1CCOCC1)C(=O)[C@@]1(C)CO1. The van der Waals surface area contributed by atoms with Crippen molar-refractivity contribution in [3.63, 3.8) is 0 Å². The summed E-state index contributed by atoms with van der Waals surface area (Å²) in [6.45, 7) is 11.6. The van der Waals surface area contributed by atoms with Gasteiger partial charge in [0.15, 0.2) is 5.78 Å². The Balaban J connectivity index is 1.56. The number of ether oxygens (including phenoxy) is 2. The van der Waals surface area contributed by atoms with Gasteiger partial charge in [-0.15, -0.1) is 0 Å². The molecule has 2 aromatic carbocycles.